The molecule has 11 heteroatoms. The van der Waals surface area contributed by atoms with Crippen molar-refractivity contribution in [3.05, 3.63) is 62.1 Å². The van der Waals surface area contributed by atoms with Crippen LogP contribution in [0.1, 0.15) is 33.9 Å². The van der Waals surface area contributed by atoms with Crippen molar-refractivity contribution in [3.8, 4) is 0 Å². The van der Waals surface area contributed by atoms with Crippen molar-refractivity contribution in [1.82, 2.24) is 9.80 Å². The van der Waals surface area contributed by atoms with Gasteiger partial charge < -0.3 is 10.6 Å². The van der Waals surface area contributed by atoms with Gasteiger partial charge >= 0.3 is 0 Å². The molecule has 3 unspecified atom stereocenters. The summed E-state index contributed by atoms with van der Waals surface area (Å²) < 4.78 is 23.7. The third-order valence-corrected chi connectivity index (χ3v) is 8.97. The van der Waals surface area contributed by atoms with Gasteiger partial charge in [0.25, 0.3) is 5.91 Å². The van der Waals surface area contributed by atoms with E-state index >= 15 is 0 Å². The largest absolute Gasteiger partial charge is 0.370 e. The Morgan fingerprint density at radius 2 is 1.57 bits per heavy atom. The standard InChI is InChI=1S/C24H26Cl3N3O4S/c1-13-3-4-14(5-18(13)25)21(8-22(28)31)29-9-15-11-30(12-16(15)10-29)24(32)23-19(26)6-17(7-20(23)27)35(2,33)34/h3-7,15-16,21H,8-12H2,1-2H3,(H2,28,31). The Balaban J connectivity index is 1.50. The molecule has 2 heterocycles. The minimum Gasteiger partial charge on any atom is -0.370 e. The number of amides is 2. The van der Waals surface area contributed by atoms with Crippen molar-refractivity contribution in [2.75, 3.05) is 32.4 Å². The van der Waals surface area contributed by atoms with Crippen LogP contribution < -0.4 is 5.73 Å². The van der Waals surface area contributed by atoms with E-state index in [0.717, 1.165) is 17.4 Å². The molecule has 2 amide bonds. The third kappa shape index (κ3) is 5.47. The number of benzene rings is 2. The lowest BCUT2D eigenvalue weighted by molar-refractivity contribution is -0.119. The first-order chi connectivity index (χ1) is 16.3. The first-order valence-corrected chi connectivity index (χ1v) is 14.1. The lowest BCUT2D eigenvalue weighted by Crippen LogP contribution is -2.36. The number of hydrogen-bond acceptors (Lipinski definition) is 5. The van der Waals surface area contributed by atoms with E-state index in [1.807, 2.05) is 25.1 Å². The fourth-order valence-corrected chi connectivity index (χ4v) is 6.67. The highest BCUT2D eigenvalue weighted by atomic mass is 35.5. The maximum Gasteiger partial charge on any atom is 0.256 e. The normalized spacial score (nSPS) is 21.2. The smallest absolute Gasteiger partial charge is 0.256 e. The molecule has 2 saturated heterocycles. The summed E-state index contributed by atoms with van der Waals surface area (Å²) in [6.45, 7) is 4.35. The van der Waals surface area contributed by atoms with Gasteiger partial charge in [-0.05, 0) is 48.1 Å². The van der Waals surface area contributed by atoms with E-state index in [-0.39, 0.29) is 56.6 Å². The van der Waals surface area contributed by atoms with E-state index in [4.69, 9.17) is 40.5 Å². The van der Waals surface area contributed by atoms with Crippen LogP contribution in [0.4, 0.5) is 0 Å². The molecule has 0 bridgehead atoms. The number of fused-ring (bicyclic) bond motifs is 1. The van der Waals surface area contributed by atoms with E-state index in [2.05, 4.69) is 4.90 Å². The number of rotatable bonds is 6. The van der Waals surface area contributed by atoms with Crippen molar-refractivity contribution >= 4 is 56.5 Å². The van der Waals surface area contributed by atoms with Gasteiger partial charge in [0.1, 0.15) is 0 Å². The zero-order valence-corrected chi connectivity index (χ0v) is 22.4. The predicted octanol–water partition coefficient (Wildman–Crippen LogP) is 3.98. The minimum atomic E-state index is -3.51. The average molecular weight is 559 g/mol. The van der Waals surface area contributed by atoms with Gasteiger partial charge in [-0.15, -0.1) is 0 Å². The number of carbonyl (C=O) groups is 2. The van der Waals surface area contributed by atoms with Gasteiger partial charge in [0.15, 0.2) is 9.84 Å². The maximum atomic E-state index is 13.3. The molecule has 2 fully saturated rings. The number of carbonyl (C=O) groups excluding carboxylic acids is 2. The van der Waals surface area contributed by atoms with Crippen molar-refractivity contribution in [2.24, 2.45) is 17.6 Å². The average Bonchev–Trinajstić information content (AvgIpc) is 3.32. The molecule has 2 aromatic carbocycles. The van der Waals surface area contributed by atoms with Gasteiger partial charge in [-0.1, -0.05) is 46.9 Å². The number of primary amides is 1. The Kier molecular flexibility index (Phi) is 7.42. The molecule has 2 aliphatic rings. The highest BCUT2D eigenvalue weighted by Gasteiger charge is 2.44. The van der Waals surface area contributed by atoms with Crippen LogP contribution in [0, 0.1) is 18.8 Å². The molecule has 2 aromatic rings. The van der Waals surface area contributed by atoms with E-state index < -0.39 is 9.84 Å². The van der Waals surface area contributed by atoms with Crippen molar-refractivity contribution in [3.63, 3.8) is 0 Å². The van der Waals surface area contributed by atoms with Crippen LogP contribution in [0.5, 0.6) is 0 Å². The second-order valence-electron chi connectivity index (χ2n) is 9.41. The van der Waals surface area contributed by atoms with Crippen LogP contribution in [0.3, 0.4) is 0 Å². The predicted molar refractivity (Wildman–Crippen MR) is 137 cm³/mol. The number of likely N-dealkylation sites (tertiary alicyclic amines) is 2. The summed E-state index contributed by atoms with van der Waals surface area (Å²) in [4.78, 5) is 29.0. The molecule has 0 saturated carbocycles. The molecule has 2 aliphatic heterocycles. The third-order valence-electron chi connectivity index (χ3n) is 6.88. The number of nitrogens with two attached hydrogens (primary N) is 1. The van der Waals surface area contributed by atoms with E-state index in [9.17, 15) is 18.0 Å². The number of aryl methyl sites for hydroxylation is 1. The number of halogens is 3. The van der Waals surface area contributed by atoms with Crippen molar-refractivity contribution < 1.29 is 18.0 Å². The first kappa shape index (κ1) is 26.2. The topological polar surface area (TPSA) is 101 Å². The molecule has 2 N–H and O–H groups in total. The van der Waals surface area contributed by atoms with Crippen LogP contribution in [0.2, 0.25) is 15.1 Å². The van der Waals surface area contributed by atoms with Crippen LogP contribution in [-0.4, -0.2) is 62.5 Å². The highest BCUT2D eigenvalue weighted by molar-refractivity contribution is 7.90. The Morgan fingerprint density at radius 1 is 1.00 bits per heavy atom. The van der Waals surface area contributed by atoms with Gasteiger partial charge in [0.2, 0.25) is 5.91 Å². The fraction of sp³-hybridized carbons (Fsp3) is 0.417. The van der Waals surface area contributed by atoms with Gasteiger partial charge in [-0.2, -0.15) is 0 Å². The zero-order valence-electron chi connectivity index (χ0n) is 19.3. The van der Waals surface area contributed by atoms with Gasteiger partial charge in [-0.25, -0.2) is 8.42 Å². The van der Waals surface area contributed by atoms with Crippen LogP contribution in [0.25, 0.3) is 0 Å². The second kappa shape index (κ2) is 9.90. The lowest BCUT2D eigenvalue weighted by Gasteiger charge is -2.29. The van der Waals surface area contributed by atoms with Crippen LogP contribution in [-0.2, 0) is 14.6 Å². The molecule has 0 spiro atoms. The Bertz CT molecular complexity index is 1260. The lowest BCUT2D eigenvalue weighted by atomic mass is 10.0. The molecular formula is C24H26Cl3N3O4S. The molecule has 0 radical (unpaired) electrons. The highest BCUT2D eigenvalue weighted by Crippen LogP contribution is 2.39. The minimum absolute atomic E-state index is 0.0133. The van der Waals surface area contributed by atoms with E-state index in [1.54, 1.807) is 4.90 Å². The Hall–Kier alpha value is -1.84. The summed E-state index contributed by atoms with van der Waals surface area (Å²) in [6, 6.07) is 8.13. The SMILES string of the molecule is Cc1ccc(C(CC(N)=O)N2CC3CN(C(=O)c4c(Cl)cc(S(C)(=O)=O)cc4Cl)CC3C2)cc1Cl. The summed E-state index contributed by atoms with van der Waals surface area (Å²) in [5.41, 5.74) is 7.57. The summed E-state index contributed by atoms with van der Waals surface area (Å²) in [5.74, 6) is -0.284. The van der Waals surface area contributed by atoms with Gasteiger partial charge in [0, 0.05) is 49.9 Å². The van der Waals surface area contributed by atoms with Gasteiger partial charge in [0.05, 0.1) is 20.5 Å². The summed E-state index contributed by atoms with van der Waals surface area (Å²) in [5, 5.41) is 0.669. The zero-order chi connectivity index (χ0) is 25.7. The quantitative estimate of drug-likeness (QED) is 0.578. The van der Waals surface area contributed by atoms with Crippen molar-refractivity contribution in [1.29, 1.82) is 0 Å². The number of nitrogens with zero attached hydrogens (tertiary/aromatic N) is 2. The fourth-order valence-electron chi connectivity index (χ4n) is 5.04. The molecule has 0 aromatic heterocycles. The molecule has 7 nitrogen and oxygen atoms in total. The van der Waals surface area contributed by atoms with E-state index in [1.165, 1.54) is 12.1 Å². The second-order valence-corrected chi connectivity index (χ2v) is 12.7. The monoisotopic (exact) mass is 557 g/mol. The maximum absolute atomic E-state index is 13.3. The number of hydrogen-bond donors (Lipinski definition) is 1. The molecule has 0 aliphatic carbocycles. The summed E-state index contributed by atoms with van der Waals surface area (Å²) >= 11 is 18.9. The molecule has 3 atom stereocenters. The van der Waals surface area contributed by atoms with Crippen LogP contribution >= 0.6 is 34.8 Å². The van der Waals surface area contributed by atoms with Crippen molar-refractivity contribution in [2.45, 2.75) is 24.3 Å². The Labute approximate surface area is 220 Å². The van der Waals surface area contributed by atoms with Gasteiger partial charge in [-0.3, -0.25) is 14.5 Å². The molecule has 4 rings (SSSR count). The number of sulfone groups is 1. The first-order valence-electron chi connectivity index (χ1n) is 11.1. The summed E-state index contributed by atoms with van der Waals surface area (Å²) in [7, 11) is -3.51. The summed E-state index contributed by atoms with van der Waals surface area (Å²) in [6.07, 6.45) is 1.24. The molecular weight excluding hydrogens is 533 g/mol. The van der Waals surface area contributed by atoms with E-state index in [0.29, 0.717) is 31.2 Å². The molecule has 188 valence electrons. The van der Waals surface area contributed by atoms with Crippen LogP contribution in [0.15, 0.2) is 35.2 Å². The molecule has 35 heavy (non-hydrogen) atoms. The Morgan fingerprint density at radius 3 is 2.06 bits per heavy atom.